The Bertz CT molecular complexity index is 404. The normalized spacial score (nSPS) is 24.4. The molecule has 2 heterocycles. The van der Waals surface area contributed by atoms with Gasteiger partial charge in [0.25, 0.3) is 0 Å². The lowest BCUT2D eigenvalue weighted by molar-refractivity contribution is 0.139. The van der Waals surface area contributed by atoms with E-state index < -0.39 is 0 Å². The molecule has 0 aromatic heterocycles. The molecule has 4 heteroatoms. The van der Waals surface area contributed by atoms with Crippen molar-refractivity contribution in [3.8, 4) is 5.75 Å². The molecule has 1 aromatic carbocycles. The summed E-state index contributed by atoms with van der Waals surface area (Å²) in [5, 5.41) is 3.38. The summed E-state index contributed by atoms with van der Waals surface area (Å²) >= 11 is 3.51. The van der Waals surface area contributed by atoms with Gasteiger partial charge in [-0.15, -0.1) is 0 Å². The molecule has 1 atom stereocenters. The van der Waals surface area contributed by atoms with Gasteiger partial charge in [0.1, 0.15) is 11.9 Å². The van der Waals surface area contributed by atoms with Crippen LogP contribution in [0.3, 0.4) is 0 Å². The molecule has 92 valence electrons. The van der Waals surface area contributed by atoms with Crippen molar-refractivity contribution in [1.82, 2.24) is 10.2 Å². The summed E-state index contributed by atoms with van der Waals surface area (Å²) in [6, 6.07) is 6.29. The van der Waals surface area contributed by atoms with Gasteiger partial charge in [0, 0.05) is 43.6 Å². The molecule has 0 amide bonds. The van der Waals surface area contributed by atoms with Crippen LogP contribution >= 0.6 is 15.9 Å². The minimum absolute atomic E-state index is 0.331. The third-order valence-electron chi connectivity index (χ3n) is 3.44. The zero-order valence-electron chi connectivity index (χ0n) is 9.79. The Hall–Kier alpha value is -0.580. The van der Waals surface area contributed by atoms with E-state index in [-0.39, 0.29) is 0 Å². The molecule has 0 saturated carbocycles. The van der Waals surface area contributed by atoms with Crippen molar-refractivity contribution in [1.29, 1.82) is 0 Å². The average Bonchev–Trinajstić information content (AvgIpc) is 2.71. The highest BCUT2D eigenvalue weighted by Crippen LogP contribution is 2.31. The summed E-state index contributed by atoms with van der Waals surface area (Å²) in [6.45, 7) is 5.53. The molecule has 2 aliphatic rings. The van der Waals surface area contributed by atoms with Crippen LogP contribution in [0.5, 0.6) is 5.75 Å². The van der Waals surface area contributed by atoms with E-state index in [9.17, 15) is 0 Å². The number of hydrogen-bond acceptors (Lipinski definition) is 3. The molecule has 1 N–H and O–H groups in total. The largest absolute Gasteiger partial charge is 0.488 e. The number of benzene rings is 1. The highest BCUT2D eigenvalue weighted by Gasteiger charge is 2.25. The number of nitrogens with zero attached hydrogens (tertiary/aromatic N) is 1. The number of rotatable bonds is 2. The molecule has 0 bridgehead atoms. The average molecular weight is 297 g/mol. The molecule has 0 aliphatic carbocycles. The van der Waals surface area contributed by atoms with Crippen LogP contribution in [-0.4, -0.2) is 43.7 Å². The lowest BCUT2D eigenvalue weighted by Crippen LogP contribution is -2.47. The number of hydrogen-bond donors (Lipinski definition) is 1. The number of ether oxygens (including phenoxy) is 1. The van der Waals surface area contributed by atoms with Gasteiger partial charge in [0.2, 0.25) is 0 Å². The second-order valence-electron chi connectivity index (χ2n) is 4.75. The summed E-state index contributed by atoms with van der Waals surface area (Å²) in [5.41, 5.74) is 1.33. The minimum Gasteiger partial charge on any atom is -0.488 e. The third-order valence-corrected chi connectivity index (χ3v) is 3.93. The van der Waals surface area contributed by atoms with Gasteiger partial charge in [-0.3, -0.25) is 4.90 Å². The van der Waals surface area contributed by atoms with Gasteiger partial charge in [0.05, 0.1) is 0 Å². The van der Waals surface area contributed by atoms with Crippen molar-refractivity contribution in [2.24, 2.45) is 0 Å². The van der Waals surface area contributed by atoms with Crippen LogP contribution in [0, 0.1) is 0 Å². The maximum Gasteiger partial charge on any atom is 0.123 e. The zero-order chi connectivity index (χ0) is 11.7. The Morgan fingerprint density at radius 3 is 3.00 bits per heavy atom. The molecule has 3 rings (SSSR count). The summed E-state index contributed by atoms with van der Waals surface area (Å²) in [7, 11) is 0. The fraction of sp³-hybridized carbons (Fsp3) is 0.538. The summed E-state index contributed by atoms with van der Waals surface area (Å²) in [6.07, 6.45) is 1.37. The minimum atomic E-state index is 0.331. The highest BCUT2D eigenvalue weighted by atomic mass is 79.9. The van der Waals surface area contributed by atoms with Gasteiger partial charge in [-0.25, -0.2) is 0 Å². The summed E-state index contributed by atoms with van der Waals surface area (Å²) in [5.74, 6) is 1.06. The van der Waals surface area contributed by atoms with Crippen LogP contribution in [0.15, 0.2) is 22.7 Å². The van der Waals surface area contributed by atoms with E-state index in [0.29, 0.717) is 6.10 Å². The van der Waals surface area contributed by atoms with E-state index >= 15 is 0 Å². The van der Waals surface area contributed by atoms with Gasteiger partial charge in [-0.2, -0.15) is 0 Å². The molecular weight excluding hydrogens is 280 g/mol. The van der Waals surface area contributed by atoms with Crippen molar-refractivity contribution in [2.75, 3.05) is 32.7 Å². The van der Waals surface area contributed by atoms with Gasteiger partial charge >= 0.3 is 0 Å². The number of nitrogens with one attached hydrogen (secondary N) is 1. The molecule has 1 aromatic rings. The van der Waals surface area contributed by atoms with Crippen LogP contribution < -0.4 is 10.1 Å². The van der Waals surface area contributed by atoms with E-state index in [1.807, 2.05) is 6.07 Å². The van der Waals surface area contributed by atoms with Crippen LogP contribution in [-0.2, 0) is 6.42 Å². The molecule has 1 fully saturated rings. The Balaban J connectivity index is 1.61. The van der Waals surface area contributed by atoms with Gasteiger partial charge in [-0.1, -0.05) is 15.9 Å². The molecule has 0 spiro atoms. The first-order valence-corrected chi connectivity index (χ1v) is 6.99. The first kappa shape index (κ1) is 11.5. The van der Waals surface area contributed by atoms with Crippen LogP contribution in [0.4, 0.5) is 0 Å². The Kier molecular flexibility index (Phi) is 3.36. The fourth-order valence-electron chi connectivity index (χ4n) is 2.57. The van der Waals surface area contributed by atoms with Crippen molar-refractivity contribution in [3.05, 3.63) is 28.2 Å². The third kappa shape index (κ3) is 2.64. The lowest BCUT2D eigenvalue weighted by Gasteiger charge is -2.29. The molecule has 17 heavy (non-hydrogen) atoms. The highest BCUT2D eigenvalue weighted by molar-refractivity contribution is 9.10. The van der Waals surface area contributed by atoms with Gasteiger partial charge in [-0.05, 0) is 23.8 Å². The summed E-state index contributed by atoms with van der Waals surface area (Å²) in [4.78, 5) is 2.49. The van der Waals surface area contributed by atoms with Crippen LogP contribution in [0.1, 0.15) is 5.56 Å². The van der Waals surface area contributed by atoms with Crippen LogP contribution in [0.2, 0.25) is 0 Å². The standard InChI is InChI=1S/C13H17BrN2O/c14-11-1-2-13-10(7-11)8-12(17-13)9-16-5-3-15-4-6-16/h1-2,7,12,15H,3-6,8-9H2. The van der Waals surface area contributed by atoms with Gasteiger partial charge in [0.15, 0.2) is 0 Å². The fourth-order valence-corrected chi connectivity index (χ4v) is 2.98. The van der Waals surface area contributed by atoms with E-state index in [4.69, 9.17) is 4.74 Å². The van der Waals surface area contributed by atoms with Crippen molar-refractivity contribution in [2.45, 2.75) is 12.5 Å². The lowest BCUT2D eigenvalue weighted by atomic mass is 10.1. The first-order chi connectivity index (χ1) is 8.31. The Labute approximate surface area is 110 Å². The molecule has 2 aliphatic heterocycles. The SMILES string of the molecule is Brc1ccc2c(c1)CC(CN1CCNCC1)O2. The van der Waals surface area contributed by atoms with Crippen molar-refractivity contribution >= 4 is 15.9 Å². The Morgan fingerprint density at radius 1 is 1.35 bits per heavy atom. The number of fused-ring (bicyclic) bond motifs is 1. The predicted molar refractivity (Wildman–Crippen MR) is 71.6 cm³/mol. The number of piperazine rings is 1. The first-order valence-electron chi connectivity index (χ1n) is 6.19. The zero-order valence-corrected chi connectivity index (χ0v) is 11.4. The number of halogens is 1. The van der Waals surface area contributed by atoms with E-state index in [1.54, 1.807) is 0 Å². The molecular formula is C13H17BrN2O. The maximum absolute atomic E-state index is 5.98. The molecule has 1 unspecified atom stereocenters. The smallest absolute Gasteiger partial charge is 0.123 e. The predicted octanol–water partition coefficient (Wildman–Crippen LogP) is 1.66. The molecule has 1 saturated heterocycles. The Morgan fingerprint density at radius 2 is 2.18 bits per heavy atom. The van der Waals surface area contributed by atoms with Crippen molar-refractivity contribution in [3.63, 3.8) is 0 Å². The van der Waals surface area contributed by atoms with E-state index in [0.717, 1.165) is 49.4 Å². The van der Waals surface area contributed by atoms with E-state index in [1.165, 1.54) is 5.56 Å². The van der Waals surface area contributed by atoms with E-state index in [2.05, 4.69) is 38.3 Å². The second kappa shape index (κ2) is 4.96. The molecule has 0 radical (unpaired) electrons. The monoisotopic (exact) mass is 296 g/mol. The van der Waals surface area contributed by atoms with Gasteiger partial charge < -0.3 is 10.1 Å². The summed E-state index contributed by atoms with van der Waals surface area (Å²) < 4.78 is 7.12. The second-order valence-corrected chi connectivity index (χ2v) is 5.66. The maximum atomic E-state index is 5.98. The van der Waals surface area contributed by atoms with Crippen molar-refractivity contribution < 1.29 is 4.74 Å². The quantitative estimate of drug-likeness (QED) is 0.898. The molecule has 3 nitrogen and oxygen atoms in total. The van der Waals surface area contributed by atoms with Crippen LogP contribution in [0.25, 0.3) is 0 Å². The topological polar surface area (TPSA) is 24.5 Å².